The van der Waals surface area contributed by atoms with E-state index in [0.717, 1.165) is 34.0 Å². The van der Waals surface area contributed by atoms with Crippen molar-refractivity contribution in [3.63, 3.8) is 0 Å². The average Bonchev–Trinajstić information content (AvgIpc) is 3.22. The highest BCUT2D eigenvalue weighted by molar-refractivity contribution is 7.15. The Morgan fingerprint density at radius 1 is 1.15 bits per heavy atom. The summed E-state index contributed by atoms with van der Waals surface area (Å²) in [5, 5.41) is 2.19. The van der Waals surface area contributed by atoms with Crippen LogP contribution in [0.15, 0.2) is 29.8 Å². The first kappa shape index (κ1) is 16.0. The van der Waals surface area contributed by atoms with E-state index in [-0.39, 0.29) is 0 Å². The molecule has 4 nitrogen and oxygen atoms in total. The molecule has 0 saturated heterocycles. The van der Waals surface area contributed by atoms with Crippen molar-refractivity contribution in [2.75, 3.05) is 12.8 Å². The van der Waals surface area contributed by atoms with Gasteiger partial charge < -0.3 is 10.5 Å². The maximum atomic E-state index is 6.00. The van der Waals surface area contributed by atoms with Gasteiger partial charge in [-0.25, -0.2) is 4.98 Å². The molecule has 4 fully saturated rings. The zero-order valence-corrected chi connectivity index (χ0v) is 16.5. The number of hydrogen-bond donors (Lipinski definition) is 1. The van der Waals surface area contributed by atoms with E-state index >= 15 is 0 Å². The summed E-state index contributed by atoms with van der Waals surface area (Å²) in [7, 11) is 1.67. The van der Waals surface area contributed by atoms with Crippen LogP contribution in [0.3, 0.4) is 0 Å². The maximum Gasteiger partial charge on any atom is 0.194 e. The van der Waals surface area contributed by atoms with Crippen molar-refractivity contribution in [2.24, 2.45) is 17.8 Å². The van der Waals surface area contributed by atoms with Gasteiger partial charge in [0.1, 0.15) is 5.75 Å². The predicted octanol–water partition coefficient (Wildman–Crippen LogP) is 5.12. The molecule has 0 aliphatic heterocycles. The molecule has 1 aromatic carbocycles. The van der Waals surface area contributed by atoms with Gasteiger partial charge in [0.2, 0.25) is 0 Å². The van der Waals surface area contributed by atoms with E-state index in [2.05, 4.69) is 22.0 Å². The van der Waals surface area contributed by atoms with E-state index in [0.29, 0.717) is 11.1 Å². The molecule has 4 aliphatic rings. The molecule has 27 heavy (non-hydrogen) atoms. The van der Waals surface area contributed by atoms with Crippen molar-refractivity contribution in [3.05, 3.63) is 35.5 Å². The fraction of sp³-hybridized carbons (Fsp3) is 0.500. The van der Waals surface area contributed by atoms with Gasteiger partial charge in [0.05, 0.1) is 24.2 Å². The Morgan fingerprint density at radius 2 is 1.85 bits per heavy atom. The number of anilines is 1. The third-order valence-corrected chi connectivity index (χ3v) is 8.16. The summed E-state index contributed by atoms with van der Waals surface area (Å²) in [6.07, 6.45) is 10.8. The lowest BCUT2D eigenvalue weighted by atomic mass is 9.49. The number of benzene rings is 1. The van der Waals surface area contributed by atoms with Crippen LogP contribution in [0.5, 0.6) is 5.75 Å². The minimum Gasteiger partial charge on any atom is -0.495 e. The summed E-state index contributed by atoms with van der Waals surface area (Å²) in [5.41, 5.74) is 10.7. The summed E-state index contributed by atoms with van der Waals surface area (Å²) < 4.78 is 7.70. The van der Waals surface area contributed by atoms with Crippen LogP contribution in [-0.4, -0.2) is 16.5 Å². The van der Waals surface area contributed by atoms with Gasteiger partial charge in [-0.1, -0.05) is 6.07 Å². The third-order valence-electron chi connectivity index (χ3n) is 7.32. The predicted molar refractivity (Wildman–Crippen MR) is 109 cm³/mol. The number of ether oxygens (including phenoxy) is 1. The molecule has 0 amide bonds. The standard InChI is InChI=1S/C22H25N3OS/c1-26-19-7-16(2-3-17(19)23)18-12-27-21-24-20(11-25(18)21)22-8-13-4-14(9-22)6-15(5-13)10-22/h2-3,7,11-15H,4-6,8-10,23H2,1H3. The van der Waals surface area contributed by atoms with Crippen LogP contribution in [0.2, 0.25) is 0 Å². The number of nitrogen functional groups attached to an aromatic ring is 1. The molecule has 2 N–H and O–H groups in total. The van der Waals surface area contributed by atoms with Gasteiger partial charge in [0.25, 0.3) is 0 Å². The number of aromatic nitrogens is 2. The first-order chi connectivity index (χ1) is 13.1. The molecule has 140 valence electrons. The first-order valence-electron chi connectivity index (χ1n) is 10.0. The Morgan fingerprint density at radius 3 is 2.52 bits per heavy atom. The largest absolute Gasteiger partial charge is 0.495 e. The Bertz CT molecular complexity index is 998. The van der Waals surface area contributed by atoms with Crippen LogP contribution < -0.4 is 10.5 Å². The fourth-order valence-corrected chi connectivity index (χ4v) is 7.42. The Hall–Kier alpha value is -2.01. The quantitative estimate of drug-likeness (QED) is 0.643. The topological polar surface area (TPSA) is 52.5 Å². The van der Waals surface area contributed by atoms with Gasteiger partial charge in [-0.2, -0.15) is 0 Å². The van der Waals surface area contributed by atoms with Crippen molar-refractivity contribution >= 4 is 22.0 Å². The van der Waals surface area contributed by atoms with Crippen LogP contribution in [0.4, 0.5) is 5.69 Å². The van der Waals surface area contributed by atoms with Gasteiger partial charge in [-0.15, -0.1) is 11.3 Å². The van der Waals surface area contributed by atoms with E-state index in [4.69, 9.17) is 15.5 Å². The van der Waals surface area contributed by atoms with Crippen LogP contribution in [0.1, 0.15) is 44.2 Å². The van der Waals surface area contributed by atoms with Crippen molar-refractivity contribution in [2.45, 2.75) is 43.9 Å². The maximum absolute atomic E-state index is 6.00. The van der Waals surface area contributed by atoms with Gasteiger partial charge in [-0.3, -0.25) is 4.40 Å². The molecule has 0 radical (unpaired) electrons. The summed E-state index contributed by atoms with van der Waals surface area (Å²) in [5.74, 6) is 3.55. The van der Waals surface area contributed by atoms with Crippen molar-refractivity contribution in [1.82, 2.24) is 9.38 Å². The minimum atomic E-state index is 0.344. The van der Waals surface area contributed by atoms with Crippen molar-refractivity contribution < 1.29 is 4.74 Å². The highest BCUT2D eigenvalue weighted by Gasteiger charge is 2.52. The van der Waals surface area contributed by atoms with Gasteiger partial charge in [0, 0.05) is 22.6 Å². The lowest BCUT2D eigenvalue weighted by Gasteiger charge is -2.56. The number of rotatable bonds is 3. The molecular formula is C22H25N3OS. The highest BCUT2D eigenvalue weighted by Crippen LogP contribution is 2.60. The van der Waals surface area contributed by atoms with Gasteiger partial charge >= 0.3 is 0 Å². The van der Waals surface area contributed by atoms with Crippen LogP contribution >= 0.6 is 11.3 Å². The molecule has 7 rings (SSSR count). The molecule has 4 bridgehead atoms. The molecule has 0 spiro atoms. The number of nitrogens with two attached hydrogens (primary N) is 1. The smallest absolute Gasteiger partial charge is 0.194 e. The first-order valence-corrected chi connectivity index (χ1v) is 10.9. The second kappa shape index (κ2) is 5.51. The zero-order chi connectivity index (χ0) is 18.2. The fourth-order valence-electron chi connectivity index (χ4n) is 6.54. The third kappa shape index (κ3) is 2.30. The second-order valence-corrected chi connectivity index (χ2v) is 9.89. The molecule has 5 heteroatoms. The molecule has 4 aliphatic carbocycles. The number of thiazole rings is 1. The average molecular weight is 380 g/mol. The van der Waals surface area contributed by atoms with Crippen LogP contribution in [0.25, 0.3) is 16.2 Å². The van der Waals surface area contributed by atoms with E-state index in [9.17, 15) is 0 Å². The monoisotopic (exact) mass is 379 g/mol. The summed E-state index contributed by atoms with van der Waals surface area (Å²) in [6.45, 7) is 0. The molecule has 4 saturated carbocycles. The normalized spacial score (nSPS) is 31.7. The molecular weight excluding hydrogens is 354 g/mol. The number of nitrogens with zero attached hydrogens (tertiary/aromatic N) is 2. The van der Waals surface area contributed by atoms with E-state index in [1.165, 1.54) is 49.9 Å². The number of fused-ring (bicyclic) bond motifs is 1. The van der Waals surface area contributed by atoms with E-state index < -0.39 is 0 Å². The van der Waals surface area contributed by atoms with E-state index in [1.54, 1.807) is 18.4 Å². The van der Waals surface area contributed by atoms with Crippen molar-refractivity contribution in [3.8, 4) is 17.0 Å². The van der Waals surface area contributed by atoms with Crippen molar-refractivity contribution in [1.29, 1.82) is 0 Å². The Kier molecular flexibility index (Phi) is 3.26. The Balaban J connectivity index is 1.43. The number of methoxy groups -OCH3 is 1. The lowest BCUT2D eigenvalue weighted by Crippen LogP contribution is -2.48. The summed E-state index contributed by atoms with van der Waals surface area (Å²) >= 11 is 1.73. The molecule has 3 aromatic rings. The SMILES string of the molecule is COc1cc(-c2csc3nc(C45CC6CC(CC(C6)C4)C5)cn23)ccc1N. The summed E-state index contributed by atoms with van der Waals surface area (Å²) in [6, 6.07) is 6.03. The molecule has 0 unspecified atom stereocenters. The van der Waals surface area contributed by atoms with E-state index in [1.807, 2.05) is 12.1 Å². The number of hydrogen-bond acceptors (Lipinski definition) is 4. The second-order valence-electron chi connectivity index (χ2n) is 9.05. The molecule has 2 heterocycles. The molecule has 0 atom stereocenters. The number of imidazole rings is 1. The molecule has 2 aromatic heterocycles. The van der Waals surface area contributed by atoms with Gasteiger partial charge in [-0.05, 0) is 68.4 Å². The minimum absolute atomic E-state index is 0.344. The van der Waals surface area contributed by atoms with Crippen LogP contribution in [0, 0.1) is 17.8 Å². The van der Waals surface area contributed by atoms with Gasteiger partial charge in [0.15, 0.2) is 4.96 Å². The Labute approximate surface area is 163 Å². The zero-order valence-electron chi connectivity index (χ0n) is 15.6. The highest BCUT2D eigenvalue weighted by atomic mass is 32.1. The van der Waals surface area contributed by atoms with Crippen LogP contribution in [-0.2, 0) is 5.41 Å². The summed E-state index contributed by atoms with van der Waals surface area (Å²) in [4.78, 5) is 6.24. The lowest BCUT2D eigenvalue weighted by molar-refractivity contribution is -0.00696.